The van der Waals surface area contributed by atoms with Crippen molar-refractivity contribution in [3.8, 4) is 5.75 Å². The van der Waals surface area contributed by atoms with Gasteiger partial charge in [0.2, 0.25) is 0 Å². The highest BCUT2D eigenvalue weighted by molar-refractivity contribution is 5.97. The van der Waals surface area contributed by atoms with Gasteiger partial charge in [0.05, 0.1) is 26.1 Å². The molecule has 0 bridgehead atoms. The second-order valence-corrected chi connectivity index (χ2v) is 9.76. The fourth-order valence-corrected chi connectivity index (χ4v) is 5.29. The summed E-state index contributed by atoms with van der Waals surface area (Å²) in [7, 11) is 3.46. The molecule has 1 saturated heterocycles. The Labute approximate surface area is 229 Å². The van der Waals surface area contributed by atoms with Crippen LogP contribution in [0.1, 0.15) is 47.0 Å². The number of benzene rings is 3. The molecule has 39 heavy (non-hydrogen) atoms. The van der Waals surface area contributed by atoms with Crippen molar-refractivity contribution < 1.29 is 14.2 Å². The third kappa shape index (κ3) is 5.13. The van der Waals surface area contributed by atoms with Crippen LogP contribution in [0, 0.1) is 12.3 Å². The van der Waals surface area contributed by atoms with Crippen LogP contribution in [-0.4, -0.2) is 42.3 Å². The molecule has 8 nitrogen and oxygen atoms in total. The van der Waals surface area contributed by atoms with E-state index in [0.717, 1.165) is 35.3 Å². The van der Waals surface area contributed by atoms with Crippen LogP contribution >= 0.6 is 0 Å². The number of imidazole rings is 1. The van der Waals surface area contributed by atoms with Gasteiger partial charge in [-0.1, -0.05) is 72.3 Å². The van der Waals surface area contributed by atoms with E-state index in [1.54, 1.807) is 20.5 Å². The van der Waals surface area contributed by atoms with Crippen LogP contribution in [0.4, 0.5) is 5.82 Å². The Morgan fingerprint density at radius 2 is 1.67 bits per heavy atom. The molecule has 2 heterocycles. The number of nitrogens with two attached hydrogens (primary N) is 1. The van der Waals surface area contributed by atoms with Crippen molar-refractivity contribution >= 4 is 11.7 Å². The molecule has 0 spiro atoms. The molecule has 4 N–H and O–H groups in total. The predicted octanol–water partition coefficient (Wildman–Crippen LogP) is 5.21. The van der Waals surface area contributed by atoms with E-state index < -0.39 is 5.60 Å². The van der Waals surface area contributed by atoms with Crippen molar-refractivity contribution in [2.75, 3.05) is 26.1 Å². The molecule has 202 valence electrons. The summed E-state index contributed by atoms with van der Waals surface area (Å²) in [6.07, 6.45) is 2.93. The van der Waals surface area contributed by atoms with Crippen LogP contribution in [0.2, 0.25) is 0 Å². The molecule has 4 aromatic rings. The van der Waals surface area contributed by atoms with Crippen LogP contribution in [0.5, 0.6) is 5.75 Å². The lowest BCUT2D eigenvalue weighted by molar-refractivity contribution is -0.0759. The van der Waals surface area contributed by atoms with Crippen LogP contribution in [0.25, 0.3) is 0 Å². The first-order valence-electron chi connectivity index (χ1n) is 13.1. The first-order chi connectivity index (χ1) is 19.0. The van der Waals surface area contributed by atoms with E-state index in [4.69, 9.17) is 25.4 Å². The lowest BCUT2D eigenvalue weighted by atomic mass is 9.79. The third-order valence-corrected chi connectivity index (χ3v) is 7.30. The number of anilines is 1. The zero-order valence-corrected chi connectivity index (χ0v) is 22.6. The lowest BCUT2D eigenvalue weighted by Crippen LogP contribution is -2.35. The monoisotopic (exact) mass is 525 g/mol. The van der Waals surface area contributed by atoms with Crippen molar-refractivity contribution in [3.05, 3.63) is 113 Å². The quantitative estimate of drug-likeness (QED) is 0.149. The first kappa shape index (κ1) is 26.5. The molecule has 5 rings (SSSR count). The fraction of sp³-hybridized carbons (Fsp3) is 0.290. The molecule has 0 saturated carbocycles. The molecule has 3 aromatic carbocycles. The summed E-state index contributed by atoms with van der Waals surface area (Å²) in [5, 5.41) is 10.9. The normalized spacial score (nSPS) is 18.4. The zero-order valence-electron chi connectivity index (χ0n) is 22.6. The van der Waals surface area contributed by atoms with Crippen LogP contribution in [0.15, 0.2) is 85.2 Å². The highest BCUT2D eigenvalue weighted by atomic mass is 16.6. The number of methoxy groups -OCH3 is 1. The smallest absolute Gasteiger partial charge is 0.147 e. The Morgan fingerprint density at radius 3 is 2.28 bits per heavy atom. The number of ether oxygens (including phenoxy) is 3. The SMILES string of the molecule is CNc1c(C(=N)N)ncn1C1CCC(COC(c2ccccc2)(c2ccc(C)cc2)c2ccc(OC)cc2)O1. The average Bonchev–Trinajstić information content (AvgIpc) is 3.62. The van der Waals surface area contributed by atoms with Gasteiger partial charge in [-0.2, -0.15) is 0 Å². The number of rotatable bonds is 10. The number of hydrogen-bond acceptors (Lipinski definition) is 6. The molecule has 1 aliphatic heterocycles. The standard InChI is InChI=1S/C31H35N5O3/c1-21-9-11-23(12-10-21)31(22-7-5-4-6-8-22,24-13-15-25(37-3)16-14-24)38-19-26-17-18-27(39-26)36-20-35-28(29(32)33)30(36)34-2/h4-16,20,26-27,34H,17-19H2,1-3H3,(H3,32,33). The van der Waals surface area contributed by atoms with E-state index in [1.165, 1.54) is 5.56 Å². The van der Waals surface area contributed by atoms with E-state index >= 15 is 0 Å². The fourth-order valence-electron chi connectivity index (χ4n) is 5.29. The van der Waals surface area contributed by atoms with Gasteiger partial charge in [0.1, 0.15) is 34.9 Å². The molecule has 0 aliphatic carbocycles. The van der Waals surface area contributed by atoms with Crippen molar-refractivity contribution in [1.82, 2.24) is 9.55 Å². The van der Waals surface area contributed by atoms with E-state index in [2.05, 4.69) is 65.8 Å². The molecule has 0 radical (unpaired) electrons. The van der Waals surface area contributed by atoms with Gasteiger partial charge in [-0.3, -0.25) is 9.98 Å². The van der Waals surface area contributed by atoms with Crippen molar-refractivity contribution in [2.24, 2.45) is 5.73 Å². The number of aromatic nitrogens is 2. The Morgan fingerprint density at radius 1 is 1.03 bits per heavy atom. The minimum Gasteiger partial charge on any atom is -0.497 e. The summed E-state index contributed by atoms with van der Waals surface area (Å²) in [5.74, 6) is 1.38. The van der Waals surface area contributed by atoms with Crippen molar-refractivity contribution in [3.63, 3.8) is 0 Å². The summed E-state index contributed by atoms with van der Waals surface area (Å²) in [4.78, 5) is 4.31. The maximum atomic E-state index is 7.82. The molecule has 8 heteroatoms. The predicted molar refractivity (Wildman–Crippen MR) is 152 cm³/mol. The minimum absolute atomic E-state index is 0.0822. The Kier molecular flexibility index (Phi) is 7.67. The molecule has 1 fully saturated rings. The first-order valence-corrected chi connectivity index (χ1v) is 13.1. The van der Waals surface area contributed by atoms with E-state index in [-0.39, 0.29) is 18.2 Å². The number of nitrogens with one attached hydrogen (secondary N) is 2. The third-order valence-electron chi connectivity index (χ3n) is 7.30. The highest BCUT2D eigenvalue weighted by Gasteiger charge is 2.40. The Bertz CT molecular complexity index is 1400. The summed E-state index contributed by atoms with van der Waals surface area (Å²) in [6, 6.07) is 26.9. The topological polar surface area (TPSA) is 107 Å². The summed E-state index contributed by atoms with van der Waals surface area (Å²) in [5.41, 5.74) is 9.55. The number of nitrogen functional groups attached to an aromatic ring is 1. The molecule has 0 amide bonds. The van der Waals surface area contributed by atoms with E-state index in [0.29, 0.717) is 18.1 Å². The Balaban J connectivity index is 1.48. The highest BCUT2D eigenvalue weighted by Crippen LogP contribution is 2.42. The number of amidine groups is 1. The van der Waals surface area contributed by atoms with Crippen LogP contribution in [-0.2, 0) is 15.1 Å². The van der Waals surface area contributed by atoms with Gasteiger partial charge in [0, 0.05) is 7.05 Å². The molecule has 1 aliphatic rings. The van der Waals surface area contributed by atoms with E-state index in [1.807, 2.05) is 34.9 Å². The number of aryl methyl sites for hydroxylation is 1. The van der Waals surface area contributed by atoms with Gasteiger partial charge in [0.25, 0.3) is 0 Å². The molecule has 1 aromatic heterocycles. The summed E-state index contributed by atoms with van der Waals surface area (Å²) < 4.78 is 20.8. The second kappa shape index (κ2) is 11.3. The lowest BCUT2D eigenvalue weighted by Gasteiger charge is -2.37. The van der Waals surface area contributed by atoms with Crippen LogP contribution in [0.3, 0.4) is 0 Å². The minimum atomic E-state index is -0.852. The number of hydrogen-bond donors (Lipinski definition) is 3. The molecular formula is C31H35N5O3. The molecule has 3 unspecified atom stereocenters. The maximum Gasteiger partial charge on any atom is 0.147 e. The van der Waals surface area contributed by atoms with Gasteiger partial charge >= 0.3 is 0 Å². The van der Waals surface area contributed by atoms with Crippen molar-refractivity contribution in [2.45, 2.75) is 37.7 Å². The largest absolute Gasteiger partial charge is 0.497 e. The average molecular weight is 526 g/mol. The van der Waals surface area contributed by atoms with E-state index in [9.17, 15) is 0 Å². The van der Waals surface area contributed by atoms with Crippen molar-refractivity contribution in [1.29, 1.82) is 5.41 Å². The van der Waals surface area contributed by atoms with Gasteiger partial charge < -0.3 is 25.3 Å². The van der Waals surface area contributed by atoms with Gasteiger partial charge in [0.15, 0.2) is 0 Å². The molecule has 3 atom stereocenters. The maximum absolute atomic E-state index is 7.82. The summed E-state index contributed by atoms with van der Waals surface area (Å²) >= 11 is 0. The van der Waals surface area contributed by atoms with Gasteiger partial charge in [-0.05, 0) is 48.6 Å². The second-order valence-electron chi connectivity index (χ2n) is 9.76. The zero-order chi connectivity index (χ0) is 27.4. The van der Waals surface area contributed by atoms with Crippen LogP contribution < -0.4 is 15.8 Å². The summed E-state index contributed by atoms with van der Waals surface area (Å²) in [6.45, 7) is 2.47. The van der Waals surface area contributed by atoms with Gasteiger partial charge in [-0.25, -0.2) is 4.98 Å². The number of nitrogens with zero attached hydrogens (tertiary/aromatic N) is 2. The Hall–Kier alpha value is -4.14. The van der Waals surface area contributed by atoms with Gasteiger partial charge in [-0.15, -0.1) is 0 Å². The molecular weight excluding hydrogens is 490 g/mol.